The summed E-state index contributed by atoms with van der Waals surface area (Å²) in [7, 11) is 2.12. The summed E-state index contributed by atoms with van der Waals surface area (Å²) in [5.41, 5.74) is 1.40. The highest BCUT2D eigenvalue weighted by molar-refractivity contribution is 9.10. The highest BCUT2D eigenvalue weighted by Crippen LogP contribution is 2.26. The zero-order valence-corrected chi connectivity index (χ0v) is 10.4. The fourth-order valence-corrected chi connectivity index (χ4v) is 2.57. The van der Waals surface area contributed by atoms with E-state index in [9.17, 15) is 0 Å². The van der Waals surface area contributed by atoms with Crippen molar-refractivity contribution in [2.24, 2.45) is 7.05 Å². The summed E-state index contributed by atoms with van der Waals surface area (Å²) in [6, 6.07) is 4.89. The minimum atomic E-state index is 0.550. The molecule has 0 bridgehead atoms. The lowest BCUT2D eigenvalue weighted by Gasteiger charge is -2.24. The first kappa shape index (κ1) is 10.2. The first-order chi connectivity index (χ1) is 6.70. The van der Waals surface area contributed by atoms with Crippen LogP contribution in [0.5, 0.6) is 0 Å². The number of rotatable bonds is 2. The zero-order chi connectivity index (χ0) is 10.1. The van der Waals surface area contributed by atoms with Crippen molar-refractivity contribution in [1.29, 1.82) is 0 Å². The van der Waals surface area contributed by atoms with Gasteiger partial charge in [-0.05, 0) is 60.9 Å². The van der Waals surface area contributed by atoms with Crippen LogP contribution < -0.4 is 0 Å². The van der Waals surface area contributed by atoms with Crippen LogP contribution in [0.15, 0.2) is 16.7 Å². The normalized spacial score (nSPS) is 20.2. The maximum atomic E-state index is 3.54. The van der Waals surface area contributed by atoms with Gasteiger partial charge in [0, 0.05) is 18.8 Å². The first-order valence-corrected chi connectivity index (χ1v) is 6.04. The lowest BCUT2D eigenvalue weighted by Crippen LogP contribution is -2.24. The molecule has 1 atom stereocenters. The van der Waals surface area contributed by atoms with Crippen LogP contribution in [0, 0.1) is 0 Å². The Labute approximate surface area is 94.0 Å². The lowest BCUT2D eigenvalue weighted by molar-refractivity contribution is 0.254. The number of aromatic nitrogens is 1. The Morgan fingerprint density at radius 1 is 1.29 bits per heavy atom. The molecule has 0 radical (unpaired) electrons. The Balaban J connectivity index is 2.17. The van der Waals surface area contributed by atoms with Crippen LogP contribution in [0.1, 0.15) is 31.5 Å². The van der Waals surface area contributed by atoms with Gasteiger partial charge in [0.05, 0.1) is 4.60 Å². The Hall–Kier alpha value is -0.280. The van der Waals surface area contributed by atoms with Crippen molar-refractivity contribution in [3.63, 3.8) is 0 Å². The number of halogens is 1. The highest BCUT2D eigenvalue weighted by Gasteiger charge is 2.21. The van der Waals surface area contributed by atoms with E-state index in [0.717, 1.165) is 0 Å². The third kappa shape index (κ3) is 1.75. The molecule has 0 aliphatic carbocycles. The SMILES string of the molecule is CC(c1ccc(Br)n1C)N1CCCC1. The quantitative estimate of drug-likeness (QED) is 0.790. The summed E-state index contributed by atoms with van der Waals surface area (Å²) in [5, 5.41) is 0. The molecule has 3 heteroatoms. The van der Waals surface area contributed by atoms with Gasteiger partial charge in [-0.2, -0.15) is 0 Å². The first-order valence-electron chi connectivity index (χ1n) is 5.25. The van der Waals surface area contributed by atoms with Crippen molar-refractivity contribution in [2.75, 3.05) is 13.1 Å². The molecule has 1 aliphatic heterocycles. The van der Waals surface area contributed by atoms with E-state index in [2.05, 4.69) is 51.5 Å². The molecule has 1 unspecified atom stereocenters. The van der Waals surface area contributed by atoms with Crippen LogP contribution in [-0.2, 0) is 7.05 Å². The number of hydrogen-bond donors (Lipinski definition) is 0. The van der Waals surface area contributed by atoms with Crippen molar-refractivity contribution >= 4 is 15.9 Å². The third-order valence-electron chi connectivity index (χ3n) is 3.22. The molecule has 1 aromatic heterocycles. The molecule has 1 aromatic rings. The second-order valence-electron chi connectivity index (χ2n) is 4.06. The zero-order valence-electron chi connectivity index (χ0n) is 8.83. The van der Waals surface area contributed by atoms with Crippen molar-refractivity contribution in [2.45, 2.75) is 25.8 Å². The van der Waals surface area contributed by atoms with E-state index in [0.29, 0.717) is 6.04 Å². The molecule has 0 aromatic carbocycles. The lowest BCUT2D eigenvalue weighted by atomic mass is 10.2. The average molecular weight is 257 g/mol. The summed E-state index contributed by atoms with van der Waals surface area (Å²) in [5.74, 6) is 0. The highest BCUT2D eigenvalue weighted by atomic mass is 79.9. The number of hydrogen-bond acceptors (Lipinski definition) is 1. The van der Waals surface area contributed by atoms with Gasteiger partial charge in [-0.1, -0.05) is 0 Å². The summed E-state index contributed by atoms with van der Waals surface area (Å²) in [6.07, 6.45) is 2.71. The van der Waals surface area contributed by atoms with Gasteiger partial charge in [0.1, 0.15) is 0 Å². The van der Waals surface area contributed by atoms with Gasteiger partial charge in [-0.3, -0.25) is 4.90 Å². The maximum Gasteiger partial charge on any atom is 0.0846 e. The van der Waals surface area contributed by atoms with E-state index in [4.69, 9.17) is 0 Å². The smallest absolute Gasteiger partial charge is 0.0846 e. The Morgan fingerprint density at radius 3 is 2.43 bits per heavy atom. The average Bonchev–Trinajstić information content (AvgIpc) is 2.77. The monoisotopic (exact) mass is 256 g/mol. The summed E-state index contributed by atoms with van der Waals surface area (Å²) in [4.78, 5) is 2.56. The van der Waals surface area contributed by atoms with Gasteiger partial charge in [0.2, 0.25) is 0 Å². The van der Waals surface area contributed by atoms with E-state index in [1.54, 1.807) is 0 Å². The molecular weight excluding hydrogens is 240 g/mol. The summed E-state index contributed by atoms with van der Waals surface area (Å²) >= 11 is 3.54. The van der Waals surface area contributed by atoms with Crippen LogP contribution in [0.25, 0.3) is 0 Å². The minimum Gasteiger partial charge on any atom is -0.341 e. The van der Waals surface area contributed by atoms with E-state index in [1.807, 2.05) is 0 Å². The van der Waals surface area contributed by atoms with Crippen LogP contribution in [-0.4, -0.2) is 22.6 Å². The second kappa shape index (κ2) is 4.07. The summed E-state index contributed by atoms with van der Waals surface area (Å²) < 4.78 is 3.39. The maximum absolute atomic E-state index is 3.54. The van der Waals surface area contributed by atoms with Crippen LogP contribution in [0.4, 0.5) is 0 Å². The fourth-order valence-electron chi connectivity index (χ4n) is 2.24. The predicted octanol–water partition coefficient (Wildman–Crippen LogP) is 2.94. The molecule has 1 fully saturated rings. The molecule has 0 spiro atoms. The second-order valence-corrected chi connectivity index (χ2v) is 4.87. The van der Waals surface area contributed by atoms with Crippen LogP contribution >= 0.6 is 15.9 Å². The van der Waals surface area contributed by atoms with E-state index in [-0.39, 0.29) is 0 Å². The molecule has 78 valence electrons. The molecule has 2 heterocycles. The van der Waals surface area contributed by atoms with Crippen molar-refractivity contribution < 1.29 is 0 Å². The molecular formula is C11H17BrN2. The third-order valence-corrected chi connectivity index (χ3v) is 4.01. The Kier molecular flexibility index (Phi) is 2.98. The van der Waals surface area contributed by atoms with Gasteiger partial charge >= 0.3 is 0 Å². The summed E-state index contributed by atoms with van der Waals surface area (Å²) in [6.45, 7) is 4.81. The van der Waals surface area contributed by atoms with E-state index >= 15 is 0 Å². The topological polar surface area (TPSA) is 8.17 Å². The van der Waals surface area contributed by atoms with E-state index in [1.165, 1.54) is 36.2 Å². The largest absolute Gasteiger partial charge is 0.341 e. The molecule has 2 nitrogen and oxygen atoms in total. The number of likely N-dealkylation sites (tertiary alicyclic amines) is 1. The molecule has 0 saturated carbocycles. The van der Waals surface area contributed by atoms with Gasteiger partial charge in [0.25, 0.3) is 0 Å². The molecule has 2 rings (SSSR count). The van der Waals surface area contributed by atoms with Crippen LogP contribution in [0.3, 0.4) is 0 Å². The molecule has 0 N–H and O–H groups in total. The molecule has 14 heavy (non-hydrogen) atoms. The van der Waals surface area contributed by atoms with Crippen molar-refractivity contribution in [3.05, 3.63) is 22.4 Å². The Bertz CT molecular complexity index is 313. The fraction of sp³-hybridized carbons (Fsp3) is 0.636. The molecule has 0 amide bonds. The van der Waals surface area contributed by atoms with E-state index < -0.39 is 0 Å². The van der Waals surface area contributed by atoms with Gasteiger partial charge < -0.3 is 4.57 Å². The Morgan fingerprint density at radius 2 is 1.93 bits per heavy atom. The van der Waals surface area contributed by atoms with Gasteiger partial charge in [0.15, 0.2) is 0 Å². The van der Waals surface area contributed by atoms with Crippen molar-refractivity contribution in [3.8, 4) is 0 Å². The molecule has 1 aliphatic rings. The van der Waals surface area contributed by atoms with Crippen LogP contribution in [0.2, 0.25) is 0 Å². The van der Waals surface area contributed by atoms with Gasteiger partial charge in [-0.15, -0.1) is 0 Å². The molecule has 1 saturated heterocycles. The standard InChI is InChI=1S/C11H17BrN2/c1-9(14-7-3-4-8-14)10-5-6-11(12)13(10)2/h5-6,9H,3-4,7-8H2,1-2H3. The van der Waals surface area contributed by atoms with Gasteiger partial charge in [-0.25, -0.2) is 0 Å². The minimum absolute atomic E-state index is 0.550. The predicted molar refractivity (Wildman–Crippen MR) is 62.3 cm³/mol. The van der Waals surface area contributed by atoms with Crippen molar-refractivity contribution in [1.82, 2.24) is 9.47 Å². The number of nitrogens with zero attached hydrogens (tertiary/aromatic N) is 2.